The molecule has 0 aromatic heterocycles. The molecule has 1 N–H and O–H groups in total. The Labute approximate surface area is 170 Å². The molecule has 1 aliphatic rings. The first kappa shape index (κ1) is 20.5. The Kier molecular flexibility index (Phi) is 5.93. The number of alkyl halides is 2. The maximum Gasteiger partial charge on any atom is 0.387 e. The van der Waals surface area contributed by atoms with Crippen LogP contribution in [-0.4, -0.2) is 29.8 Å². The van der Waals surface area contributed by atoms with Crippen LogP contribution in [-0.2, 0) is 10.3 Å². The van der Waals surface area contributed by atoms with Crippen LogP contribution in [0.15, 0.2) is 64.7 Å². The maximum absolute atomic E-state index is 12.8. The number of rotatable bonds is 6. The number of nitrogens with one attached hydrogen (secondary N) is 1. The van der Waals surface area contributed by atoms with E-state index >= 15 is 0 Å². The number of allylic oxidation sites excluding steroid dienone is 1. The van der Waals surface area contributed by atoms with Gasteiger partial charge in [-0.1, -0.05) is 54.1 Å². The molecule has 29 heavy (non-hydrogen) atoms. The molecule has 6 nitrogen and oxygen atoms in total. The number of hydrazone groups is 1. The zero-order valence-corrected chi connectivity index (χ0v) is 15.9. The van der Waals surface area contributed by atoms with Crippen molar-refractivity contribution in [1.29, 1.82) is 0 Å². The summed E-state index contributed by atoms with van der Waals surface area (Å²) < 4.78 is 28.8. The summed E-state index contributed by atoms with van der Waals surface area (Å²) in [6.45, 7) is -1.46. The van der Waals surface area contributed by atoms with Gasteiger partial charge < -0.3 is 10.1 Å². The zero-order valence-electron chi connectivity index (χ0n) is 15.2. The lowest BCUT2D eigenvalue weighted by Crippen LogP contribution is -2.40. The van der Waals surface area contributed by atoms with Gasteiger partial charge in [0, 0.05) is 0 Å². The van der Waals surface area contributed by atoms with Crippen molar-refractivity contribution in [1.82, 2.24) is 10.3 Å². The zero-order chi connectivity index (χ0) is 21.0. The van der Waals surface area contributed by atoms with Crippen molar-refractivity contribution >= 4 is 35.8 Å². The maximum atomic E-state index is 12.8. The highest BCUT2D eigenvalue weighted by molar-refractivity contribution is 6.41. The Balaban J connectivity index is 1.77. The number of imide groups is 1. The molecule has 1 heterocycles. The third-order valence-electron chi connectivity index (χ3n) is 4.23. The van der Waals surface area contributed by atoms with Gasteiger partial charge >= 0.3 is 12.6 Å². The van der Waals surface area contributed by atoms with Crippen molar-refractivity contribution in [2.24, 2.45) is 5.10 Å². The van der Waals surface area contributed by atoms with Crippen LogP contribution in [0.3, 0.4) is 0 Å². The van der Waals surface area contributed by atoms with Crippen molar-refractivity contribution < 1.29 is 23.1 Å². The van der Waals surface area contributed by atoms with Crippen LogP contribution in [0.25, 0.3) is 6.08 Å². The second-order valence-electron chi connectivity index (χ2n) is 6.26. The molecule has 0 aliphatic carbocycles. The fourth-order valence-corrected chi connectivity index (χ4v) is 2.92. The van der Waals surface area contributed by atoms with E-state index in [1.165, 1.54) is 37.4 Å². The van der Waals surface area contributed by atoms with Crippen molar-refractivity contribution in [3.05, 3.63) is 70.8 Å². The van der Waals surface area contributed by atoms with Gasteiger partial charge in [0.05, 0.1) is 11.2 Å². The second-order valence-corrected chi connectivity index (χ2v) is 6.70. The molecule has 2 aromatic rings. The van der Waals surface area contributed by atoms with E-state index in [-0.39, 0.29) is 10.8 Å². The van der Waals surface area contributed by atoms with Crippen molar-refractivity contribution in [2.75, 3.05) is 0 Å². The minimum Gasteiger partial charge on any atom is -0.435 e. The predicted molar refractivity (Wildman–Crippen MR) is 105 cm³/mol. The number of benzene rings is 2. The Morgan fingerprint density at radius 1 is 1.17 bits per heavy atom. The molecule has 0 spiro atoms. The first-order valence-electron chi connectivity index (χ1n) is 8.48. The Hall–Kier alpha value is -3.26. The number of hydrogen-bond donors (Lipinski definition) is 1. The molecule has 3 amide bonds. The van der Waals surface area contributed by atoms with Crippen LogP contribution in [0.5, 0.6) is 5.75 Å². The van der Waals surface area contributed by atoms with E-state index < -0.39 is 24.1 Å². The smallest absolute Gasteiger partial charge is 0.387 e. The summed E-state index contributed by atoms with van der Waals surface area (Å²) in [6, 6.07) is 13.9. The highest BCUT2D eigenvalue weighted by atomic mass is 35.5. The van der Waals surface area contributed by atoms with Gasteiger partial charge in [-0.3, -0.25) is 4.79 Å². The van der Waals surface area contributed by atoms with Gasteiger partial charge in [0.15, 0.2) is 0 Å². The monoisotopic (exact) mass is 419 g/mol. The third kappa shape index (κ3) is 4.60. The van der Waals surface area contributed by atoms with Crippen LogP contribution >= 0.6 is 11.6 Å². The average Bonchev–Trinajstić information content (AvgIpc) is 2.90. The summed E-state index contributed by atoms with van der Waals surface area (Å²) in [5, 5.41) is 7.33. The molecule has 2 aromatic carbocycles. The largest absolute Gasteiger partial charge is 0.435 e. The van der Waals surface area contributed by atoms with Crippen molar-refractivity contribution in [3.8, 4) is 5.75 Å². The predicted octanol–water partition coefficient (Wildman–Crippen LogP) is 4.32. The van der Waals surface area contributed by atoms with Crippen LogP contribution in [0.4, 0.5) is 13.6 Å². The molecule has 150 valence electrons. The quantitative estimate of drug-likeness (QED) is 0.560. The number of amides is 3. The van der Waals surface area contributed by atoms with Gasteiger partial charge in [0.25, 0.3) is 5.91 Å². The van der Waals surface area contributed by atoms with Gasteiger partial charge in [-0.25, -0.2) is 4.79 Å². The average molecular weight is 420 g/mol. The molecular weight excluding hydrogens is 404 g/mol. The molecule has 3 rings (SSSR count). The minimum absolute atomic E-state index is 0.0585. The topological polar surface area (TPSA) is 71.0 Å². The molecule has 1 saturated heterocycles. The van der Waals surface area contributed by atoms with Gasteiger partial charge in [0.1, 0.15) is 11.3 Å². The molecule has 0 unspecified atom stereocenters. The van der Waals surface area contributed by atoms with Gasteiger partial charge in [-0.2, -0.15) is 13.9 Å². The highest BCUT2D eigenvalue weighted by Crippen LogP contribution is 2.30. The Morgan fingerprint density at radius 3 is 2.45 bits per heavy atom. The summed E-state index contributed by atoms with van der Waals surface area (Å²) >= 11 is 6.10. The van der Waals surface area contributed by atoms with E-state index in [1.54, 1.807) is 6.08 Å². The van der Waals surface area contributed by atoms with Gasteiger partial charge in [-0.05, 0) is 36.3 Å². The highest BCUT2D eigenvalue weighted by Gasteiger charge is 2.49. The van der Waals surface area contributed by atoms with E-state index in [0.717, 1.165) is 5.56 Å². The summed E-state index contributed by atoms with van der Waals surface area (Å²) in [5.74, 6) is -0.692. The number of nitrogens with zero attached hydrogens (tertiary/aromatic N) is 2. The fourth-order valence-electron chi connectivity index (χ4n) is 2.75. The molecule has 1 atom stereocenters. The lowest BCUT2D eigenvalue weighted by molar-refractivity contribution is -0.131. The molecule has 0 radical (unpaired) electrons. The lowest BCUT2D eigenvalue weighted by Gasteiger charge is -2.21. The molecule has 0 bridgehead atoms. The van der Waals surface area contributed by atoms with Crippen LogP contribution < -0.4 is 10.1 Å². The summed E-state index contributed by atoms with van der Waals surface area (Å²) in [7, 11) is 0. The molecule has 9 heteroatoms. The SMILES string of the molecule is C[C@]1(c2ccc(OC(F)F)cc2)NC(=O)N(/N=C\C(Cl)=C\c2ccccc2)C1=O. The number of ether oxygens (including phenoxy) is 1. The first-order chi connectivity index (χ1) is 13.8. The molecule has 0 saturated carbocycles. The van der Waals surface area contributed by atoms with Crippen LogP contribution in [0.1, 0.15) is 18.1 Å². The van der Waals surface area contributed by atoms with Crippen molar-refractivity contribution in [2.45, 2.75) is 19.1 Å². The van der Waals surface area contributed by atoms with Crippen LogP contribution in [0, 0.1) is 0 Å². The third-order valence-corrected chi connectivity index (χ3v) is 4.43. The molecule has 1 aliphatic heterocycles. The fraction of sp³-hybridized carbons (Fsp3) is 0.150. The van der Waals surface area contributed by atoms with Gasteiger partial charge in [-0.15, -0.1) is 5.01 Å². The van der Waals surface area contributed by atoms with E-state index in [2.05, 4.69) is 15.2 Å². The molecular formula is C20H16ClF2N3O3. The molecule has 1 fully saturated rings. The summed E-state index contributed by atoms with van der Waals surface area (Å²) in [4.78, 5) is 25.0. The number of hydrogen-bond acceptors (Lipinski definition) is 4. The minimum atomic E-state index is -2.96. The Bertz CT molecular complexity index is 965. The van der Waals surface area contributed by atoms with E-state index in [1.807, 2.05) is 30.3 Å². The number of urea groups is 1. The second kappa shape index (κ2) is 8.40. The van der Waals surface area contributed by atoms with Crippen LogP contribution in [0.2, 0.25) is 0 Å². The Morgan fingerprint density at radius 2 is 1.83 bits per heavy atom. The number of carbonyl (C=O) groups is 2. The number of halogens is 3. The standard InChI is InChI=1S/C20H16ClF2N3O3/c1-20(14-7-9-16(10-8-14)29-18(22)23)17(27)26(19(28)25-20)24-12-15(21)11-13-5-3-2-4-6-13/h2-12,18H,1H3,(H,25,28)/b15-11-,24-12-/t20-/m1/s1. The van der Waals surface area contributed by atoms with Crippen molar-refractivity contribution in [3.63, 3.8) is 0 Å². The van der Waals surface area contributed by atoms with E-state index in [4.69, 9.17) is 11.6 Å². The lowest BCUT2D eigenvalue weighted by atomic mass is 9.92. The van der Waals surface area contributed by atoms with Gasteiger partial charge in [0.2, 0.25) is 0 Å². The summed E-state index contributed by atoms with van der Waals surface area (Å²) in [5.41, 5.74) is -0.189. The first-order valence-corrected chi connectivity index (χ1v) is 8.85. The van der Waals surface area contributed by atoms with E-state index in [0.29, 0.717) is 10.6 Å². The van der Waals surface area contributed by atoms with E-state index in [9.17, 15) is 18.4 Å². The summed E-state index contributed by atoms with van der Waals surface area (Å²) in [6.07, 6.45) is 2.82. The number of carbonyl (C=O) groups excluding carboxylic acids is 2. The normalized spacial score (nSPS) is 19.9.